The van der Waals surface area contributed by atoms with Crippen molar-refractivity contribution in [2.75, 3.05) is 38.6 Å². The van der Waals surface area contributed by atoms with Crippen molar-refractivity contribution >= 4 is 34.5 Å². The Bertz CT molecular complexity index is 774. The van der Waals surface area contributed by atoms with Crippen molar-refractivity contribution in [3.63, 3.8) is 0 Å². The molecule has 0 bridgehead atoms. The average molecular weight is 408 g/mol. The number of halogens is 1. The number of hydrogen-bond donors (Lipinski definition) is 1. The van der Waals surface area contributed by atoms with Crippen molar-refractivity contribution in [1.29, 1.82) is 0 Å². The van der Waals surface area contributed by atoms with Crippen molar-refractivity contribution in [3.05, 3.63) is 45.1 Å². The third-order valence-electron chi connectivity index (χ3n) is 5.03. The predicted octanol–water partition coefficient (Wildman–Crippen LogP) is 3.86. The zero-order chi connectivity index (χ0) is 19.4. The molecule has 1 N–H and O–H groups in total. The van der Waals surface area contributed by atoms with Crippen LogP contribution in [0.1, 0.15) is 17.4 Å². The molecule has 1 aliphatic heterocycles. The van der Waals surface area contributed by atoms with Crippen molar-refractivity contribution in [3.8, 4) is 5.75 Å². The lowest BCUT2D eigenvalue weighted by Gasteiger charge is -2.37. The van der Waals surface area contributed by atoms with Crippen LogP contribution in [-0.4, -0.2) is 55.0 Å². The molecule has 0 aliphatic carbocycles. The number of hydrogen-bond acceptors (Lipinski definition) is 5. The molecule has 1 aromatic carbocycles. The van der Waals surface area contributed by atoms with E-state index in [1.807, 2.05) is 19.9 Å². The third kappa shape index (κ3) is 5.02. The molecule has 146 valence electrons. The Morgan fingerprint density at radius 3 is 2.70 bits per heavy atom. The molecule has 2 aromatic rings. The molecule has 3 rings (SSSR count). The largest absolute Gasteiger partial charge is 0.495 e. The number of ether oxygens (including phenoxy) is 1. The number of thiophene rings is 1. The van der Waals surface area contributed by atoms with E-state index >= 15 is 0 Å². The first-order valence-corrected chi connectivity index (χ1v) is 10.4. The predicted molar refractivity (Wildman–Crippen MR) is 112 cm³/mol. The molecule has 1 fully saturated rings. The van der Waals surface area contributed by atoms with Crippen LogP contribution in [0.3, 0.4) is 0 Å². The summed E-state index contributed by atoms with van der Waals surface area (Å²) in [6.45, 7) is 8.58. The van der Waals surface area contributed by atoms with E-state index in [9.17, 15) is 4.79 Å². The second kappa shape index (κ2) is 9.06. The number of piperazine rings is 1. The molecule has 1 atom stereocenters. The smallest absolute Gasteiger partial charge is 0.241 e. The number of carbonyl (C=O) groups excluding carboxylic acids is 1. The van der Waals surface area contributed by atoms with Gasteiger partial charge in [0.1, 0.15) is 5.75 Å². The molecule has 1 unspecified atom stereocenters. The standard InChI is InChI=1S/C20H26ClN3O2S/c1-14-11-18(19(26-3)12-17(14)21)22-20(25)15(2)24-8-6-23(7-9-24)13-16-5-4-10-27-16/h4-5,10-12,15H,6-9,13H2,1-3H3,(H,22,25). The number of benzene rings is 1. The fourth-order valence-corrected chi connectivity index (χ4v) is 4.16. The summed E-state index contributed by atoms with van der Waals surface area (Å²) >= 11 is 7.94. The Hall–Kier alpha value is -1.60. The number of aryl methyl sites for hydroxylation is 1. The fraction of sp³-hybridized carbons (Fsp3) is 0.450. The Morgan fingerprint density at radius 1 is 1.33 bits per heavy atom. The quantitative estimate of drug-likeness (QED) is 0.789. The molecule has 27 heavy (non-hydrogen) atoms. The van der Waals surface area contributed by atoms with E-state index in [2.05, 4.69) is 32.6 Å². The lowest BCUT2D eigenvalue weighted by molar-refractivity contribution is -0.121. The van der Waals surface area contributed by atoms with Crippen LogP contribution in [0.15, 0.2) is 29.6 Å². The molecule has 1 saturated heterocycles. The van der Waals surface area contributed by atoms with Gasteiger partial charge in [0.15, 0.2) is 0 Å². The van der Waals surface area contributed by atoms with E-state index in [0.29, 0.717) is 16.5 Å². The number of methoxy groups -OCH3 is 1. The van der Waals surface area contributed by atoms with Gasteiger partial charge in [-0.1, -0.05) is 17.7 Å². The monoisotopic (exact) mass is 407 g/mol. The molecule has 5 nitrogen and oxygen atoms in total. The van der Waals surface area contributed by atoms with Gasteiger partial charge in [0.25, 0.3) is 0 Å². The van der Waals surface area contributed by atoms with Gasteiger partial charge in [0.05, 0.1) is 18.8 Å². The first-order chi connectivity index (χ1) is 13.0. The summed E-state index contributed by atoms with van der Waals surface area (Å²) in [7, 11) is 1.58. The maximum Gasteiger partial charge on any atom is 0.241 e. The normalized spacial score (nSPS) is 16.9. The highest BCUT2D eigenvalue weighted by molar-refractivity contribution is 7.09. The van der Waals surface area contributed by atoms with Gasteiger partial charge < -0.3 is 10.1 Å². The molecule has 2 heterocycles. The maximum absolute atomic E-state index is 12.8. The number of carbonyl (C=O) groups is 1. The van der Waals surface area contributed by atoms with E-state index in [0.717, 1.165) is 38.3 Å². The van der Waals surface area contributed by atoms with E-state index in [1.165, 1.54) is 4.88 Å². The molecule has 1 aliphatic rings. The van der Waals surface area contributed by atoms with Gasteiger partial charge in [-0.3, -0.25) is 14.6 Å². The Kier molecular flexibility index (Phi) is 6.76. The van der Waals surface area contributed by atoms with Gasteiger partial charge in [0.2, 0.25) is 5.91 Å². The highest BCUT2D eigenvalue weighted by Gasteiger charge is 2.26. The molecule has 7 heteroatoms. The molecular formula is C20H26ClN3O2S. The maximum atomic E-state index is 12.8. The van der Waals surface area contributed by atoms with Crippen LogP contribution in [0.5, 0.6) is 5.75 Å². The van der Waals surface area contributed by atoms with Gasteiger partial charge >= 0.3 is 0 Å². The van der Waals surface area contributed by atoms with Crippen molar-refractivity contribution in [2.45, 2.75) is 26.4 Å². The number of amides is 1. The van der Waals surface area contributed by atoms with Crippen LogP contribution in [0.25, 0.3) is 0 Å². The summed E-state index contributed by atoms with van der Waals surface area (Å²) in [4.78, 5) is 18.8. The summed E-state index contributed by atoms with van der Waals surface area (Å²) in [5.41, 5.74) is 1.56. The highest BCUT2D eigenvalue weighted by atomic mass is 35.5. The van der Waals surface area contributed by atoms with Gasteiger partial charge in [-0.15, -0.1) is 11.3 Å². The number of nitrogens with one attached hydrogen (secondary N) is 1. The second-order valence-electron chi connectivity index (χ2n) is 6.86. The van der Waals surface area contributed by atoms with Gasteiger partial charge in [-0.25, -0.2) is 0 Å². The fourth-order valence-electron chi connectivity index (χ4n) is 3.26. The first kappa shape index (κ1) is 20.1. The number of nitrogens with zero attached hydrogens (tertiary/aromatic N) is 2. The molecular weight excluding hydrogens is 382 g/mol. The van der Waals surface area contributed by atoms with Crippen LogP contribution >= 0.6 is 22.9 Å². The van der Waals surface area contributed by atoms with Gasteiger partial charge in [0, 0.05) is 48.7 Å². The Balaban J connectivity index is 1.56. The summed E-state index contributed by atoms with van der Waals surface area (Å²) in [6.07, 6.45) is 0. The van der Waals surface area contributed by atoms with E-state index < -0.39 is 0 Å². The molecule has 1 amide bonds. The topological polar surface area (TPSA) is 44.8 Å². The molecule has 1 aromatic heterocycles. The zero-order valence-electron chi connectivity index (χ0n) is 16.0. The van der Waals surface area contributed by atoms with Crippen LogP contribution in [0.2, 0.25) is 5.02 Å². The number of anilines is 1. The Labute approximate surface area is 169 Å². The van der Waals surface area contributed by atoms with Crippen molar-refractivity contribution in [1.82, 2.24) is 9.80 Å². The van der Waals surface area contributed by atoms with E-state index in [1.54, 1.807) is 24.5 Å². The average Bonchev–Trinajstić information content (AvgIpc) is 3.17. The Morgan fingerprint density at radius 2 is 2.07 bits per heavy atom. The minimum Gasteiger partial charge on any atom is -0.495 e. The SMILES string of the molecule is COc1cc(Cl)c(C)cc1NC(=O)C(C)N1CCN(Cc2cccs2)CC1. The van der Waals surface area contributed by atoms with E-state index in [4.69, 9.17) is 16.3 Å². The van der Waals surface area contributed by atoms with Crippen LogP contribution in [0, 0.1) is 6.92 Å². The first-order valence-electron chi connectivity index (χ1n) is 9.11. The van der Waals surface area contributed by atoms with Crippen LogP contribution in [-0.2, 0) is 11.3 Å². The third-order valence-corrected chi connectivity index (χ3v) is 6.30. The van der Waals surface area contributed by atoms with Crippen LogP contribution in [0.4, 0.5) is 5.69 Å². The summed E-state index contributed by atoms with van der Waals surface area (Å²) in [5, 5.41) is 5.74. The highest BCUT2D eigenvalue weighted by Crippen LogP contribution is 2.31. The van der Waals surface area contributed by atoms with Crippen molar-refractivity contribution in [2.24, 2.45) is 0 Å². The summed E-state index contributed by atoms with van der Waals surface area (Å²) in [5.74, 6) is 0.550. The van der Waals surface area contributed by atoms with E-state index in [-0.39, 0.29) is 11.9 Å². The summed E-state index contributed by atoms with van der Waals surface area (Å²) < 4.78 is 5.35. The van der Waals surface area contributed by atoms with Gasteiger partial charge in [-0.2, -0.15) is 0 Å². The van der Waals surface area contributed by atoms with Crippen molar-refractivity contribution < 1.29 is 9.53 Å². The second-order valence-corrected chi connectivity index (χ2v) is 8.30. The lowest BCUT2D eigenvalue weighted by Crippen LogP contribution is -2.52. The molecule has 0 saturated carbocycles. The molecule has 0 spiro atoms. The summed E-state index contributed by atoms with van der Waals surface area (Å²) in [6, 6.07) is 7.66. The minimum atomic E-state index is -0.199. The molecule has 0 radical (unpaired) electrons. The van der Waals surface area contributed by atoms with Crippen LogP contribution < -0.4 is 10.1 Å². The number of rotatable bonds is 6. The van der Waals surface area contributed by atoms with Gasteiger partial charge in [-0.05, 0) is 36.9 Å². The lowest BCUT2D eigenvalue weighted by atomic mass is 10.1. The zero-order valence-corrected chi connectivity index (χ0v) is 17.6. The minimum absolute atomic E-state index is 0.0262.